The van der Waals surface area contributed by atoms with Gasteiger partial charge in [-0.05, 0) is 60.9 Å². The third-order valence-corrected chi connectivity index (χ3v) is 4.82. The average molecular weight is 415 g/mol. The summed E-state index contributed by atoms with van der Waals surface area (Å²) in [7, 11) is 1.60. The number of hydrogen-bond donors (Lipinski definition) is 2. The van der Waals surface area contributed by atoms with E-state index in [2.05, 4.69) is 15.8 Å². The average Bonchev–Trinajstić information content (AvgIpc) is 2.78. The van der Waals surface area contributed by atoms with E-state index in [0.717, 1.165) is 22.4 Å². The number of nitrogens with zero attached hydrogens (tertiary/aromatic N) is 1. The number of ether oxygens (including phenoxy) is 1. The molecular formula is C25H25N3O3. The molecule has 2 amide bonds. The molecule has 0 aliphatic rings. The first-order valence-electron chi connectivity index (χ1n) is 9.90. The SMILES string of the molecule is COc1ccc(CC(=O)N/N=C(\C)c2ccc(NC(=O)c3ccccc3C)cc2)cc1. The van der Waals surface area contributed by atoms with Crippen LogP contribution in [0.1, 0.15) is 34.0 Å². The summed E-state index contributed by atoms with van der Waals surface area (Å²) >= 11 is 0. The van der Waals surface area contributed by atoms with Gasteiger partial charge in [0, 0.05) is 11.3 Å². The molecule has 0 atom stereocenters. The maximum atomic E-state index is 12.4. The second kappa shape index (κ2) is 10.2. The molecule has 0 radical (unpaired) electrons. The Morgan fingerprint density at radius 2 is 1.61 bits per heavy atom. The minimum absolute atomic E-state index is 0.151. The third kappa shape index (κ3) is 6.02. The number of benzene rings is 3. The Labute approximate surface area is 182 Å². The monoisotopic (exact) mass is 415 g/mol. The van der Waals surface area contributed by atoms with E-state index < -0.39 is 0 Å². The lowest BCUT2D eigenvalue weighted by atomic mass is 10.1. The van der Waals surface area contributed by atoms with E-state index in [1.807, 2.05) is 80.6 Å². The highest BCUT2D eigenvalue weighted by molar-refractivity contribution is 6.05. The van der Waals surface area contributed by atoms with Gasteiger partial charge in [0.25, 0.3) is 5.91 Å². The van der Waals surface area contributed by atoms with Crippen molar-refractivity contribution in [3.05, 3.63) is 95.1 Å². The van der Waals surface area contributed by atoms with Crippen molar-refractivity contribution in [3.8, 4) is 5.75 Å². The molecule has 0 saturated heterocycles. The lowest BCUT2D eigenvalue weighted by Crippen LogP contribution is -2.21. The van der Waals surface area contributed by atoms with Crippen LogP contribution in [0.15, 0.2) is 77.9 Å². The number of nitrogens with one attached hydrogen (secondary N) is 2. The Morgan fingerprint density at radius 1 is 0.935 bits per heavy atom. The van der Waals surface area contributed by atoms with E-state index in [9.17, 15) is 9.59 Å². The van der Waals surface area contributed by atoms with Gasteiger partial charge in [-0.2, -0.15) is 5.10 Å². The van der Waals surface area contributed by atoms with Crippen molar-refractivity contribution in [3.63, 3.8) is 0 Å². The number of carbonyl (C=O) groups excluding carboxylic acids is 2. The summed E-state index contributed by atoms with van der Waals surface area (Å²) in [6, 6.07) is 22.1. The van der Waals surface area contributed by atoms with Crippen molar-refractivity contribution in [2.24, 2.45) is 5.10 Å². The van der Waals surface area contributed by atoms with Gasteiger partial charge in [0.1, 0.15) is 5.75 Å². The normalized spacial score (nSPS) is 11.0. The fourth-order valence-corrected chi connectivity index (χ4v) is 3.00. The Kier molecular flexibility index (Phi) is 7.17. The van der Waals surface area contributed by atoms with E-state index >= 15 is 0 Å². The number of carbonyl (C=O) groups is 2. The highest BCUT2D eigenvalue weighted by Gasteiger charge is 2.09. The Hall–Kier alpha value is -3.93. The largest absolute Gasteiger partial charge is 0.497 e. The van der Waals surface area contributed by atoms with Gasteiger partial charge < -0.3 is 10.1 Å². The molecule has 6 nitrogen and oxygen atoms in total. The zero-order chi connectivity index (χ0) is 22.2. The molecule has 0 unspecified atom stereocenters. The van der Waals surface area contributed by atoms with Crippen LogP contribution < -0.4 is 15.5 Å². The molecule has 3 aromatic rings. The van der Waals surface area contributed by atoms with Crippen LogP contribution in [0, 0.1) is 6.92 Å². The predicted octanol–water partition coefficient (Wildman–Crippen LogP) is 4.34. The van der Waals surface area contributed by atoms with E-state index in [1.54, 1.807) is 13.2 Å². The minimum atomic E-state index is -0.202. The predicted molar refractivity (Wildman–Crippen MR) is 123 cm³/mol. The molecule has 0 saturated carbocycles. The maximum Gasteiger partial charge on any atom is 0.255 e. The lowest BCUT2D eigenvalue weighted by molar-refractivity contribution is -0.120. The first kappa shape index (κ1) is 21.8. The van der Waals surface area contributed by atoms with Crippen LogP contribution in [0.4, 0.5) is 5.69 Å². The van der Waals surface area contributed by atoms with Crippen LogP contribution >= 0.6 is 0 Å². The molecule has 31 heavy (non-hydrogen) atoms. The molecule has 0 fully saturated rings. The van der Waals surface area contributed by atoms with Crippen molar-refractivity contribution < 1.29 is 14.3 Å². The van der Waals surface area contributed by atoms with Crippen molar-refractivity contribution in [1.82, 2.24) is 5.43 Å². The molecule has 3 rings (SSSR count). The van der Waals surface area contributed by atoms with Gasteiger partial charge in [-0.3, -0.25) is 9.59 Å². The third-order valence-electron chi connectivity index (χ3n) is 4.82. The fourth-order valence-electron chi connectivity index (χ4n) is 3.00. The van der Waals surface area contributed by atoms with Crippen LogP contribution in [0.3, 0.4) is 0 Å². The van der Waals surface area contributed by atoms with Crippen LogP contribution in [0.25, 0.3) is 0 Å². The van der Waals surface area contributed by atoms with Crippen LogP contribution in [-0.2, 0) is 11.2 Å². The number of amides is 2. The molecule has 0 aliphatic carbocycles. The number of hydrazone groups is 1. The van der Waals surface area contributed by atoms with Crippen LogP contribution in [-0.4, -0.2) is 24.6 Å². The van der Waals surface area contributed by atoms with Crippen molar-refractivity contribution in [1.29, 1.82) is 0 Å². The first-order chi connectivity index (χ1) is 15.0. The number of hydrogen-bond acceptors (Lipinski definition) is 4. The number of anilines is 1. The molecule has 0 spiro atoms. The Balaban J connectivity index is 1.57. The second-order valence-electron chi connectivity index (χ2n) is 7.10. The number of aryl methyl sites for hydroxylation is 1. The van der Waals surface area contributed by atoms with Crippen molar-refractivity contribution in [2.45, 2.75) is 20.3 Å². The summed E-state index contributed by atoms with van der Waals surface area (Å²) in [6.07, 6.45) is 0.227. The highest BCUT2D eigenvalue weighted by Crippen LogP contribution is 2.14. The molecule has 2 N–H and O–H groups in total. The Morgan fingerprint density at radius 3 is 2.26 bits per heavy atom. The Bertz CT molecular complexity index is 1090. The second-order valence-corrected chi connectivity index (χ2v) is 7.10. The van der Waals surface area contributed by atoms with Gasteiger partial charge in [-0.15, -0.1) is 0 Å². The molecule has 158 valence electrons. The molecule has 3 aromatic carbocycles. The lowest BCUT2D eigenvalue weighted by Gasteiger charge is -2.09. The molecule has 0 aliphatic heterocycles. The van der Waals surface area contributed by atoms with Gasteiger partial charge in [0.15, 0.2) is 0 Å². The van der Waals surface area contributed by atoms with Crippen molar-refractivity contribution >= 4 is 23.2 Å². The van der Waals surface area contributed by atoms with Crippen molar-refractivity contribution in [2.75, 3.05) is 12.4 Å². The van der Waals surface area contributed by atoms with E-state index in [4.69, 9.17) is 4.74 Å². The zero-order valence-corrected chi connectivity index (χ0v) is 17.8. The molecular weight excluding hydrogens is 390 g/mol. The maximum absolute atomic E-state index is 12.4. The van der Waals surface area contributed by atoms with Crippen LogP contribution in [0.5, 0.6) is 5.75 Å². The van der Waals surface area contributed by atoms with E-state index in [0.29, 0.717) is 17.0 Å². The molecule has 0 bridgehead atoms. The van der Waals surface area contributed by atoms with Crippen LogP contribution in [0.2, 0.25) is 0 Å². The smallest absolute Gasteiger partial charge is 0.255 e. The summed E-state index contributed by atoms with van der Waals surface area (Å²) < 4.78 is 5.11. The summed E-state index contributed by atoms with van der Waals surface area (Å²) in [5, 5.41) is 7.07. The highest BCUT2D eigenvalue weighted by atomic mass is 16.5. The number of rotatable bonds is 7. The van der Waals surface area contributed by atoms with E-state index in [-0.39, 0.29) is 18.2 Å². The van der Waals surface area contributed by atoms with E-state index in [1.165, 1.54) is 0 Å². The quantitative estimate of drug-likeness (QED) is 0.445. The summed E-state index contributed by atoms with van der Waals surface area (Å²) in [5.74, 6) is 0.394. The first-order valence-corrected chi connectivity index (χ1v) is 9.90. The molecule has 0 aromatic heterocycles. The zero-order valence-electron chi connectivity index (χ0n) is 17.8. The molecule has 6 heteroatoms. The fraction of sp³-hybridized carbons (Fsp3) is 0.160. The molecule has 0 heterocycles. The topological polar surface area (TPSA) is 79.8 Å². The van der Waals surface area contributed by atoms with Gasteiger partial charge in [0.2, 0.25) is 5.91 Å². The summed E-state index contributed by atoms with van der Waals surface area (Å²) in [4.78, 5) is 24.6. The summed E-state index contributed by atoms with van der Waals surface area (Å²) in [5.41, 5.74) is 7.22. The standard InChI is InChI=1S/C25H25N3O3/c1-17-6-4-5-7-23(17)25(30)26-21-12-10-20(11-13-21)18(2)27-28-24(29)16-19-8-14-22(31-3)15-9-19/h4-15H,16H2,1-3H3,(H,26,30)(H,28,29)/b27-18+. The van der Waals surface area contributed by atoms with Gasteiger partial charge in [-0.1, -0.05) is 42.5 Å². The summed E-state index contributed by atoms with van der Waals surface area (Å²) in [6.45, 7) is 3.72. The van der Waals surface area contributed by atoms with Gasteiger partial charge in [-0.25, -0.2) is 5.43 Å². The minimum Gasteiger partial charge on any atom is -0.497 e. The number of methoxy groups -OCH3 is 1. The van der Waals surface area contributed by atoms with Gasteiger partial charge >= 0.3 is 0 Å². The van der Waals surface area contributed by atoms with Gasteiger partial charge in [0.05, 0.1) is 19.2 Å².